The van der Waals surface area contributed by atoms with E-state index < -0.39 is 11.4 Å². The first kappa shape index (κ1) is 13.0. The van der Waals surface area contributed by atoms with Crippen molar-refractivity contribution in [3.63, 3.8) is 0 Å². The van der Waals surface area contributed by atoms with Crippen LogP contribution < -0.4 is 4.74 Å². The zero-order valence-electron chi connectivity index (χ0n) is 9.58. The van der Waals surface area contributed by atoms with Gasteiger partial charge in [-0.2, -0.15) is 0 Å². The second-order valence-corrected chi connectivity index (χ2v) is 5.13. The Morgan fingerprint density at radius 3 is 2.62 bits per heavy atom. The van der Waals surface area contributed by atoms with Crippen LogP contribution in [0.4, 0.5) is 0 Å². The second-order valence-electron chi connectivity index (χ2n) is 4.28. The van der Waals surface area contributed by atoms with Crippen molar-refractivity contribution in [2.45, 2.75) is 25.7 Å². The van der Waals surface area contributed by atoms with Crippen molar-refractivity contribution in [1.82, 2.24) is 0 Å². The molecule has 0 heterocycles. The molecular formula is C12H15BrO3. The minimum absolute atomic E-state index is 0.0693. The first-order chi connectivity index (χ1) is 7.38. The monoisotopic (exact) mass is 286 g/mol. The van der Waals surface area contributed by atoms with E-state index in [1.54, 1.807) is 7.11 Å². The van der Waals surface area contributed by atoms with Gasteiger partial charge in [-0.05, 0) is 22.0 Å². The predicted molar refractivity (Wildman–Crippen MR) is 66.0 cm³/mol. The zero-order valence-corrected chi connectivity index (χ0v) is 11.2. The van der Waals surface area contributed by atoms with Crippen molar-refractivity contribution in [3.05, 3.63) is 28.2 Å². The Kier molecular flexibility index (Phi) is 3.97. The summed E-state index contributed by atoms with van der Waals surface area (Å²) in [5, 5.41) is 8.89. The summed E-state index contributed by atoms with van der Waals surface area (Å²) in [4.78, 5) is 10.8. The molecule has 1 N–H and O–H groups in total. The van der Waals surface area contributed by atoms with E-state index in [1.807, 2.05) is 32.0 Å². The van der Waals surface area contributed by atoms with Crippen LogP contribution in [0, 0.1) is 0 Å². The Balaban J connectivity index is 3.21. The van der Waals surface area contributed by atoms with E-state index >= 15 is 0 Å². The molecule has 1 aromatic carbocycles. The van der Waals surface area contributed by atoms with E-state index in [2.05, 4.69) is 15.9 Å². The Labute approximate surface area is 104 Å². The lowest BCUT2D eigenvalue weighted by Crippen LogP contribution is -2.22. The SMILES string of the molecule is COc1c(Br)cccc1C(C)(C)CC(=O)O. The fourth-order valence-electron chi connectivity index (χ4n) is 1.72. The summed E-state index contributed by atoms with van der Waals surface area (Å²) >= 11 is 3.39. The summed E-state index contributed by atoms with van der Waals surface area (Å²) in [6.07, 6.45) is 0.0693. The summed E-state index contributed by atoms with van der Waals surface area (Å²) < 4.78 is 6.14. The molecule has 0 spiro atoms. The summed E-state index contributed by atoms with van der Waals surface area (Å²) in [5.74, 6) is -0.110. The van der Waals surface area contributed by atoms with E-state index in [-0.39, 0.29) is 6.42 Å². The van der Waals surface area contributed by atoms with Crippen molar-refractivity contribution < 1.29 is 14.6 Å². The zero-order chi connectivity index (χ0) is 12.3. The van der Waals surface area contributed by atoms with Crippen LogP contribution in [0.5, 0.6) is 5.75 Å². The maximum absolute atomic E-state index is 10.8. The Hall–Kier alpha value is -1.03. The van der Waals surface area contributed by atoms with Crippen LogP contribution in [0.3, 0.4) is 0 Å². The summed E-state index contributed by atoms with van der Waals surface area (Å²) in [6, 6.07) is 5.65. The van der Waals surface area contributed by atoms with E-state index in [9.17, 15) is 4.79 Å². The number of aliphatic carboxylic acids is 1. The third-order valence-corrected chi connectivity index (χ3v) is 3.12. The highest BCUT2D eigenvalue weighted by Gasteiger charge is 2.28. The molecule has 0 atom stereocenters. The van der Waals surface area contributed by atoms with Gasteiger partial charge in [-0.15, -0.1) is 0 Å². The lowest BCUT2D eigenvalue weighted by atomic mass is 9.81. The lowest BCUT2D eigenvalue weighted by Gasteiger charge is -2.25. The molecule has 0 fully saturated rings. The summed E-state index contributed by atoms with van der Waals surface area (Å²) in [7, 11) is 1.58. The third-order valence-electron chi connectivity index (χ3n) is 2.49. The molecule has 0 aliphatic rings. The fourth-order valence-corrected chi connectivity index (χ4v) is 2.25. The molecule has 0 saturated carbocycles. The van der Waals surface area contributed by atoms with Crippen molar-refractivity contribution in [2.24, 2.45) is 0 Å². The number of carboxylic acids is 1. The molecule has 0 saturated heterocycles. The number of hydrogen-bond donors (Lipinski definition) is 1. The van der Waals surface area contributed by atoms with Gasteiger partial charge in [0.2, 0.25) is 0 Å². The number of carbonyl (C=O) groups is 1. The highest BCUT2D eigenvalue weighted by atomic mass is 79.9. The molecule has 0 bridgehead atoms. The van der Waals surface area contributed by atoms with E-state index in [0.717, 1.165) is 10.0 Å². The molecule has 16 heavy (non-hydrogen) atoms. The van der Waals surface area contributed by atoms with Crippen LogP contribution in [-0.2, 0) is 10.2 Å². The van der Waals surface area contributed by atoms with Crippen LogP contribution >= 0.6 is 15.9 Å². The van der Waals surface area contributed by atoms with Crippen molar-refractivity contribution in [3.8, 4) is 5.75 Å². The molecule has 0 aromatic heterocycles. The van der Waals surface area contributed by atoms with Gasteiger partial charge in [0.05, 0.1) is 18.0 Å². The smallest absolute Gasteiger partial charge is 0.304 e. The normalized spacial score (nSPS) is 11.2. The fraction of sp³-hybridized carbons (Fsp3) is 0.417. The molecular weight excluding hydrogens is 272 g/mol. The van der Waals surface area contributed by atoms with Crippen LogP contribution in [0.1, 0.15) is 25.8 Å². The van der Waals surface area contributed by atoms with Gasteiger partial charge in [-0.25, -0.2) is 0 Å². The van der Waals surface area contributed by atoms with Crippen LogP contribution in [0.15, 0.2) is 22.7 Å². The maximum Gasteiger partial charge on any atom is 0.304 e. The topological polar surface area (TPSA) is 46.5 Å². The minimum Gasteiger partial charge on any atom is -0.495 e. The molecule has 1 rings (SSSR count). The Morgan fingerprint density at radius 1 is 1.50 bits per heavy atom. The first-order valence-corrected chi connectivity index (χ1v) is 5.72. The first-order valence-electron chi connectivity index (χ1n) is 4.93. The van der Waals surface area contributed by atoms with Gasteiger partial charge in [0.25, 0.3) is 0 Å². The van der Waals surface area contributed by atoms with E-state index in [1.165, 1.54) is 0 Å². The highest BCUT2D eigenvalue weighted by Crippen LogP contribution is 2.38. The average Bonchev–Trinajstić information content (AvgIpc) is 2.15. The maximum atomic E-state index is 10.8. The Bertz CT molecular complexity index is 399. The number of halogens is 1. The second kappa shape index (κ2) is 4.87. The van der Waals surface area contributed by atoms with Crippen LogP contribution in [0.25, 0.3) is 0 Å². The van der Waals surface area contributed by atoms with Gasteiger partial charge < -0.3 is 9.84 Å². The van der Waals surface area contributed by atoms with Gasteiger partial charge in [0.15, 0.2) is 0 Å². The molecule has 0 aliphatic carbocycles. The molecule has 0 radical (unpaired) electrons. The highest BCUT2D eigenvalue weighted by molar-refractivity contribution is 9.10. The standard InChI is InChI=1S/C12H15BrO3/c1-12(2,7-10(14)15)8-5-4-6-9(13)11(8)16-3/h4-6H,7H2,1-3H3,(H,14,15). The van der Waals surface area contributed by atoms with Crippen LogP contribution in [0.2, 0.25) is 0 Å². The summed E-state index contributed by atoms with van der Waals surface area (Å²) in [6.45, 7) is 3.79. The molecule has 1 aromatic rings. The van der Waals surface area contributed by atoms with Gasteiger partial charge in [0.1, 0.15) is 5.75 Å². The molecule has 88 valence electrons. The van der Waals surface area contributed by atoms with Gasteiger partial charge in [-0.1, -0.05) is 26.0 Å². The molecule has 4 heteroatoms. The van der Waals surface area contributed by atoms with E-state index in [0.29, 0.717) is 5.75 Å². The number of carboxylic acid groups (broad SMARTS) is 1. The number of rotatable bonds is 4. The molecule has 0 unspecified atom stereocenters. The van der Waals surface area contributed by atoms with Crippen molar-refractivity contribution >= 4 is 21.9 Å². The van der Waals surface area contributed by atoms with Crippen molar-refractivity contribution in [2.75, 3.05) is 7.11 Å². The van der Waals surface area contributed by atoms with E-state index in [4.69, 9.17) is 9.84 Å². The quantitative estimate of drug-likeness (QED) is 0.925. The molecule has 0 aliphatic heterocycles. The van der Waals surface area contributed by atoms with Crippen molar-refractivity contribution in [1.29, 1.82) is 0 Å². The van der Waals surface area contributed by atoms with Gasteiger partial charge in [0, 0.05) is 11.0 Å². The number of methoxy groups -OCH3 is 1. The molecule has 0 amide bonds. The number of ether oxygens (including phenoxy) is 1. The minimum atomic E-state index is -0.813. The summed E-state index contributed by atoms with van der Waals surface area (Å²) in [5.41, 5.74) is 0.438. The predicted octanol–water partition coefficient (Wildman–Crippen LogP) is 3.21. The average molecular weight is 287 g/mol. The Morgan fingerprint density at radius 2 is 2.12 bits per heavy atom. The van der Waals surface area contributed by atoms with Crippen LogP contribution in [-0.4, -0.2) is 18.2 Å². The lowest BCUT2D eigenvalue weighted by molar-refractivity contribution is -0.138. The number of para-hydroxylation sites is 1. The number of benzene rings is 1. The largest absolute Gasteiger partial charge is 0.495 e. The third kappa shape index (κ3) is 2.76. The number of hydrogen-bond acceptors (Lipinski definition) is 2. The molecule has 3 nitrogen and oxygen atoms in total. The van der Waals surface area contributed by atoms with Gasteiger partial charge in [-0.3, -0.25) is 4.79 Å². The van der Waals surface area contributed by atoms with Gasteiger partial charge >= 0.3 is 5.97 Å².